The Labute approximate surface area is 206 Å². The second kappa shape index (κ2) is 9.24. The van der Waals surface area contributed by atoms with Crippen LogP contribution in [0.2, 0.25) is 0 Å². The van der Waals surface area contributed by atoms with E-state index in [1.165, 1.54) is 29.7 Å². The number of ether oxygens (including phenoxy) is 2. The molecule has 10 heteroatoms. The van der Waals surface area contributed by atoms with E-state index in [1.807, 2.05) is 23.3 Å². The average Bonchev–Trinajstić information content (AvgIpc) is 3.63. The van der Waals surface area contributed by atoms with Gasteiger partial charge in [0.1, 0.15) is 10.6 Å². The summed E-state index contributed by atoms with van der Waals surface area (Å²) >= 11 is 3.05. The van der Waals surface area contributed by atoms with Crippen LogP contribution in [0, 0.1) is 0 Å². The van der Waals surface area contributed by atoms with Gasteiger partial charge in [-0.15, -0.1) is 11.3 Å². The summed E-state index contributed by atoms with van der Waals surface area (Å²) in [6.45, 7) is 6.31. The largest absolute Gasteiger partial charge is 0.454 e. The van der Waals surface area contributed by atoms with Gasteiger partial charge >= 0.3 is 0 Å². The van der Waals surface area contributed by atoms with E-state index in [1.54, 1.807) is 11.8 Å². The molecule has 1 amide bonds. The topological polar surface area (TPSA) is 71.0 Å². The van der Waals surface area contributed by atoms with Crippen molar-refractivity contribution >= 4 is 45.0 Å². The minimum Gasteiger partial charge on any atom is -0.454 e. The summed E-state index contributed by atoms with van der Waals surface area (Å²) in [5.41, 5.74) is 1.20. The summed E-state index contributed by atoms with van der Waals surface area (Å²) in [6, 6.07) is 8.13. The van der Waals surface area contributed by atoms with Crippen molar-refractivity contribution in [3.8, 4) is 11.5 Å². The Morgan fingerprint density at radius 3 is 2.62 bits per heavy atom. The van der Waals surface area contributed by atoms with Gasteiger partial charge in [0.2, 0.25) is 6.79 Å². The van der Waals surface area contributed by atoms with E-state index >= 15 is 0 Å². The lowest BCUT2D eigenvalue weighted by atomic mass is 10.1. The standard InChI is InChI=1S/C24H27N5O3S2/c1-33-24-25-21(28-6-2-3-7-28)17-13-20(34-22(17)26-24)23(30)29-10-8-27(9-11-29)14-16-4-5-18-19(12-16)32-15-31-18/h4-5,12-13H,2-3,6-11,14-15H2,1H3. The van der Waals surface area contributed by atoms with Crippen LogP contribution in [0.3, 0.4) is 0 Å². The fraction of sp³-hybridized carbons (Fsp3) is 0.458. The first-order chi connectivity index (χ1) is 16.7. The molecular weight excluding hydrogens is 470 g/mol. The van der Waals surface area contributed by atoms with Crippen molar-refractivity contribution in [3.05, 3.63) is 34.7 Å². The summed E-state index contributed by atoms with van der Waals surface area (Å²) in [7, 11) is 0. The molecule has 3 aromatic rings. The summed E-state index contributed by atoms with van der Waals surface area (Å²) in [6.07, 6.45) is 4.37. The highest BCUT2D eigenvalue weighted by Crippen LogP contribution is 2.35. The van der Waals surface area contributed by atoms with Crippen molar-refractivity contribution in [2.24, 2.45) is 0 Å². The molecule has 0 spiro atoms. The Morgan fingerprint density at radius 1 is 1.03 bits per heavy atom. The molecule has 0 radical (unpaired) electrons. The van der Waals surface area contributed by atoms with Crippen LogP contribution in [0.4, 0.5) is 5.82 Å². The number of rotatable bonds is 5. The van der Waals surface area contributed by atoms with Gasteiger partial charge < -0.3 is 19.3 Å². The van der Waals surface area contributed by atoms with Crippen molar-refractivity contribution in [1.29, 1.82) is 0 Å². The molecule has 178 valence electrons. The smallest absolute Gasteiger partial charge is 0.264 e. The fourth-order valence-corrected chi connectivity index (χ4v) is 6.23. The highest BCUT2D eigenvalue weighted by molar-refractivity contribution is 7.98. The third kappa shape index (κ3) is 4.18. The molecule has 0 aliphatic carbocycles. The number of hydrogen-bond donors (Lipinski definition) is 0. The normalized spacial score (nSPS) is 18.3. The lowest BCUT2D eigenvalue weighted by Crippen LogP contribution is -2.48. The van der Waals surface area contributed by atoms with Crippen molar-refractivity contribution in [2.45, 2.75) is 24.5 Å². The first-order valence-electron chi connectivity index (χ1n) is 11.7. The van der Waals surface area contributed by atoms with Crippen LogP contribution < -0.4 is 14.4 Å². The van der Waals surface area contributed by atoms with Crippen molar-refractivity contribution in [3.63, 3.8) is 0 Å². The number of benzene rings is 1. The fourth-order valence-electron chi connectivity index (χ4n) is 4.82. The second-order valence-corrected chi connectivity index (χ2v) is 10.6. The number of carbonyl (C=O) groups is 1. The third-order valence-corrected chi connectivity index (χ3v) is 8.22. The average molecular weight is 498 g/mol. The van der Waals surface area contributed by atoms with Gasteiger partial charge in [-0.1, -0.05) is 17.8 Å². The molecule has 8 nitrogen and oxygen atoms in total. The summed E-state index contributed by atoms with van der Waals surface area (Å²) in [5.74, 6) is 2.71. The zero-order valence-corrected chi connectivity index (χ0v) is 20.8. The minimum atomic E-state index is 0.101. The van der Waals surface area contributed by atoms with E-state index in [2.05, 4.69) is 21.9 Å². The zero-order valence-electron chi connectivity index (χ0n) is 19.2. The molecule has 2 saturated heterocycles. The van der Waals surface area contributed by atoms with Crippen LogP contribution in [-0.2, 0) is 6.54 Å². The first kappa shape index (κ1) is 21.9. The Kier molecular flexibility index (Phi) is 5.96. The van der Waals surface area contributed by atoms with Gasteiger partial charge in [0.25, 0.3) is 5.91 Å². The third-order valence-electron chi connectivity index (χ3n) is 6.65. The predicted octanol–water partition coefficient (Wildman–Crippen LogP) is 3.70. The van der Waals surface area contributed by atoms with Crippen LogP contribution in [0.15, 0.2) is 29.4 Å². The molecule has 0 N–H and O–H groups in total. The van der Waals surface area contributed by atoms with Gasteiger partial charge in [0.05, 0.1) is 10.3 Å². The molecule has 2 aromatic heterocycles. The summed E-state index contributed by atoms with van der Waals surface area (Å²) in [5, 5.41) is 1.78. The highest BCUT2D eigenvalue weighted by Gasteiger charge is 2.26. The predicted molar refractivity (Wildman–Crippen MR) is 134 cm³/mol. The van der Waals surface area contributed by atoms with Crippen LogP contribution in [0.5, 0.6) is 11.5 Å². The van der Waals surface area contributed by atoms with Crippen LogP contribution in [-0.4, -0.2) is 78.0 Å². The molecule has 0 bridgehead atoms. The second-order valence-electron chi connectivity index (χ2n) is 8.81. The van der Waals surface area contributed by atoms with Gasteiger partial charge in [0, 0.05) is 45.8 Å². The molecular formula is C24H27N5O3S2. The van der Waals surface area contributed by atoms with Gasteiger partial charge in [-0.05, 0) is 42.9 Å². The van der Waals surface area contributed by atoms with Gasteiger partial charge in [-0.25, -0.2) is 9.97 Å². The van der Waals surface area contributed by atoms with Crippen LogP contribution >= 0.6 is 23.1 Å². The van der Waals surface area contributed by atoms with Crippen LogP contribution in [0.25, 0.3) is 10.2 Å². The monoisotopic (exact) mass is 497 g/mol. The minimum absolute atomic E-state index is 0.101. The molecule has 6 rings (SSSR count). The zero-order chi connectivity index (χ0) is 23.1. The van der Waals surface area contributed by atoms with E-state index in [0.717, 1.165) is 83.4 Å². The van der Waals surface area contributed by atoms with Crippen molar-refractivity contribution in [2.75, 3.05) is 57.2 Å². The van der Waals surface area contributed by atoms with E-state index in [4.69, 9.17) is 19.4 Å². The Bertz CT molecular complexity index is 1220. The molecule has 2 fully saturated rings. The lowest BCUT2D eigenvalue weighted by Gasteiger charge is -2.34. The lowest BCUT2D eigenvalue weighted by molar-refractivity contribution is 0.0633. The molecule has 3 aliphatic rings. The Hall–Kier alpha value is -2.56. The van der Waals surface area contributed by atoms with E-state index in [0.29, 0.717) is 6.79 Å². The number of hydrogen-bond acceptors (Lipinski definition) is 9. The number of thioether (sulfide) groups is 1. The number of nitrogens with zero attached hydrogens (tertiary/aromatic N) is 5. The molecule has 0 atom stereocenters. The van der Waals surface area contributed by atoms with Gasteiger partial charge in [-0.2, -0.15) is 0 Å². The van der Waals surface area contributed by atoms with Crippen LogP contribution in [0.1, 0.15) is 28.1 Å². The van der Waals surface area contributed by atoms with E-state index < -0.39 is 0 Å². The number of amides is 1. The number of fused-ring (bicyclic) bond motifs is 2. The Balaban J connectivity index is 1.14. The highest BCUT2D eigenvalue weighted by atomic mass is 32.2. The Morgan fingerprint density at radius 2 is 1.82 bits per heavy atom. The number of carbonyl (C=O) groups excluding carboxylic acids is 1. The summed E-state index contributed by atoms with van der Waals surface area (Å²) < 4.78 is 10.9. The van der Waals surface area contributed by atoms with E-state index in [9.17, 15) is 4.79 Å². The van der Waals surface area contributed by atoms with Gasteiger partial charge in [-0.3, -0.25) is 9.69 Å². The number of thiophene rings is 1. The molecule has 0 unspecified atom stereocenters. The van der Waals surface area contributed by atoms with Crippen molar-refractivity contribution in [1.82, 2.24) is 19.8 Å². The molecule has 34 heavy (non-hydrogen) atoms. The SMILES string of the molecule is CSc1nc(N2CCCC2)c2cc(C(=O)N3CCN(Cc4ccc5c(c4)OCO5)CC3)sc2n1. The number of piperazine rings is 1. The summed E-state index contributed by atoms with van der Waals surface area (Å²) in [4.78, 5) is 31.2. The molecule has 5 heterocycles. The number of anilines is 1. The van der Waals surface area contributed by atoms with Gasteiger partial charge in [0.15, 0.2) is 16.7 Å². The molecule has 1 aromatic carbocycles. The maximum absolute atomic E-state index is 13.4. The first-order valence-corrected chi connectivity index (χ1v) is 13.7. The molecule has 3 aliphatic heterocycles. The quantitative estimate of drug-likeness (QED) is 0.390. The maximum atomic E-state index is 13.4. The maximum Gasteiger partial charge on any atom is 0.264 e. The molecule has 0 saturated carbocycles. The number of aromatic nitrogens is 2. The van der Waals surface area contributed by atoms with Crippen molar-refractivity contribution < 1.29 is 14.3 Å². The van der Waals surface area contributed by atoms with E-state index in [-0.39, 0.29) is 5.91 Å².